The second-order valence-corrected chi connectivity index (χ2v) is 5.01. The Morgan fingerprint density at radius 3 is 2.33 bits per heavy atom. The molecule has 0 aliphatic rings. The molecule has 21 heavy (non-hydrogen) atoms. The first-order valence-corrected chi connectivity index (χ1v) is 6.66. The molecule has 2 rings (SSSR count). The molecule has 0 saturated carbocycles. The summed E-state index contributed by atoms with van der Waals surface area (Å²) in [7, 11) is 0. The summed E-state index contributed by atoms with van der Waals surface area (Å²) in [5.41, 5.74) is 9.60. The van der Waals surface area contributed by atoms with Gasteiger partial charge in [0, 0.05) is 6.54 Å². The van der Waals surface area contributed by atoms with Crippen LogP contribution in [0.4, 0.5) is 4.39 Å². The summed E-state index contributed by atoms with van der Waals surface area (Å²) >= 11 is 0. The van der Waals surface area contributed by atoms with E-state index < -0.39 is 5.82 Å². The van der Waals surface area contributed by atoms with Crippen molar-refractivity contribution in [2.45, 2.75) is 27.0 Å². The highest BCUT2D eigenvalue weighted by atomic mass is 19.1. The fraction of sp³-hybridized carbons (Fsp3) is 0.235. The van der Waals surface area contributed by atoms with Gasteiger partial charge >= 0.3 is 0 Å². The summed E-state index contributed by atoms with van der Waals surface area (Å²) < 4.78 is 19.2. The zero-order valence-electron chi connectivity index (χ0n) is 12.1. The zero-order valence-corrected chi connectivity index (χ0v) is 12.1. The molecule has 2 aromatic rings. The fourth-order valence-electron chi connectivity index (χ4n) is 2.34. The van der Waals surface area contributed by atoms with Crippen molar-refractivity contribution in [3.05, 3.63) is 64.0 Å². The van der Waals surface area contributed by atoms with Crippen LogP contribution in [0.2, 0.25) is 0 Å². The first kappa shape index (κ1) is 15.0. The second-order valence-electron chi connectivity index (χ2n) is 5.01. The number of nitrogens with zero attached hydrogens (tertiary/aromatic N) is 1. The van der Waals surface area contributed by atoms with E-state index in [1.807, 2.05) is 32.0 Å². The molecule has 0 aliphatic heterocycles. The van der Waals surface area contributed by atoms with Crippen LogP contribution in [0.25, 0.3) is 0 Å². The highest BCUT2D eigenvalue weighted by Gasteiger charge is 2.07. The van der Waals surface area contributed by atoms with Gasteiger partial charge in [-0.2, -0.15) is 5.26 Å². The molecule has 0 amide bonds. The summed E-state index contributed by atoms with van der Waals surface area (Å²) in [6.07, 6.45) is 0. The van der Waals surface area contributed by atoms with Crippen molar-refractivity contribution in [2.75, 3.05) is 0 Å². The molecule has 0 atom stereocenters. The number of nitrogens with two attached hydrogens (primary N) is 1. The number of nitriles is 1. The molecule has 2 aromatic carbocycles. The van der Waals surface area contributed by atoms with Gasteiger partial charge < -0.3 is 10.5 Å². The minimum Gasteiger partial charge on any atom is -0.488 e. The van der Waals surface area contributed by atoms with E-state index in [1.54, 1.807) is 6.07 Å². The third kappa shape index (κ3) is 3.59. The quantitative estimate of drug-likeness (QED) is 0.936. The molecule has 0 aromatic heterocycles. The van der Waals surface area contributed by atoms with Crippen molar-refractivity contribution in [3.8, 4) is 11.8 Å². The predicted molar refractivity (Wildman–Crippen MR) is 79.3 cm³/mol. The Labute approximate surface area is 123 Å². The molecule has 0 aliphatic carbocycles. The molecule has 0 heterocycles. The fourth-order valence-corrected chi connectivity index (χ4v) is 2.34. The van der Waals surface area contributed by atoms with E-state index in [2.05, 4.69) is 0 Å². The highest BCUT2D eigenvalue weighted by molar-refractivity contribution is 5.43. The molecule has 2 N–H and O–H groups in total. The Morgan fingerprint density at radius 1 is 1.10 bits per heavy atom. The van der Waals surface area contributed by atoms with Crippen molar-refractivity contribution in [1.82, 2.24) is 0 Å². The highest BCUT2D eigenvalue weighted by Crippen LogP contribution is 2.26. The van der Waals surface area contributed by atoms with E-state index in [0.29, 0.717) is 17.7 Å². The molecule has 0 bridgehead atoms. The van der Waals surface area contributed by atoms with E-state index >= 15 is 0 Å². The van der Waals surface area contributed by atoms with E-state index in [9.17, 15) is 4.39 Å². The predicted octanol–water partition coefficient (Wildman–Crippen LogP) is 3.35. The smallest absolute Gasteiger partial charge is 0.125 e. The SMILES string of the molecule is Cc1cc(CN)cc(C)c1OCc1cc(F)cc(C#N)c1. The van der Waals surface area contributed by atoms with Gasteiger partial charge in [-0.3, -0.25) is 0 Å². The molecule has 0 saturated heterocycles. The minimum absolute atomic E-state index is 0.218. The van der Waals surface area contributed by atoms with Crippen molar-refractivity contribution in [1.29, 1.82) is 5.26 Å². The van der Waals surface area contributed by atoms with E-state index in [-0.39, 0.29) is 6.61 Å². The van der Waals surface area contributed by atoms with Crippen LogP contribution in [0.1, 0.15) is 27.8 Å². The van der Waals surface area contributed by atoms with Crippen LogP contribution in [0.3, 0.4) is 0 Å². The Bertz CT molecular complexity index is 681. The second kappa shape index (κ2) is 6.38. The van der Waals surface area contributed by atoms with E-state index in [4.69, 9.17) is 15.7 Å². The number of hydrogen-bond acceptors (Lipinski definition) is 3. The molecular formula is C17H17FN2O. The van der Waals surface area contributed by atoms with Gasteiger partial charge in [-0.1, -0.05) is 12.1 Å². The molecule has 0 fully saturated rings. The first-order chi connectivity index (χ1) is 10.0. The first-order valence-electron chi connectivity index (χ1n) is 6.66. The molecule has 0 spiro atoms. The number of aryl methyl sites for hydroxylation is 2. The largest absolute Gasteiger partial charge is 0.488 e. The van der Waals surface area contributed by atoms with Crippen LogP contribution in [-0.4, -0.2) is 0 Å². The molecule has 108 valence electrons. The van der Waals surface area contributed by atoms with Crippen LogP contribution >= 0.6 is 0 Å². The van der Waals surface area contributed by atoms with Crippen molar-refractivity contribution in [3.63, 3.8) is 0 Å². The Morgan fingerprint density at radius 2 is 1.76 bits per heavy atom. The monoisotopic (exact) mass is 284 g/mol. The standard InChI is InChI=1S/C17H17FN2O/c1-11-3-13(8-19)4-12(2)17(11)21-10-15-5-14(9-20)6-16(18)7-15/h3-7H,8,10,19H2,1-2H3. The van der Waals surface area contributed by atoms with Gasteiger partial charge in [0.25, 0.3) is 0 Å². The molecular weight excluding hydrogens is 267 g/mol. The average Bonchev–Trinajstić information content (AvgIpc) is 2.45. The van der Waals surface area contributed by atoms with Gasteiger partial charge in [-0.05, 0) is 54.3 Å². The number of benzene rings is 2. The molecule has 4 heteroatoms. The number of rotatable bonds is 4. The lowest BCUT2D eigenvalue weighted by molar-refractivity contribution is 0.301. The maximum Gasteiger partial charge on any atom is 0.125 e. The third-order valence-corrected chi connectivity index (χ3v) is 3.23. The summed E-state index contributed by atoms with van der Waals surface area (Å²) in [5, 5.41) is 8.85. The number of ether oxygens (including phenoxy) is 1. The van der Waals surface area contributed by atoms with Crippen molar-refractivity contribution >= 4 is 0 Å². The van der Waals surface area contributed by atoms with Crippen molar-refractivity contribution < 1.29 is 9.13 Å². The Balaban J connectivity index is 2.21. The zero-order chi connectivity index (χ0) is 15.4. The van der Waals surface area contributed by atoms with E-state index in [0.717, 1.165) is 22.4 Å². The molecule has 0 radical (unpaired) electrons. The van der Waals surface area contributed by atoms with Crippen LogP contribution in [-0.2, 0) is 13.2 Å². The number of hydrogen-bond donors (Lipinski definition) is 1. The topological polar surface area (TPSA) is 59.0 Å². The maximum absolute atomic E-state index is 13.4. The normalized spacial score (nSPS) is 10.2. The van der Waals surface area contributed by atoms with Crippen molar-refractivity contribution in [2.24, 2.45) is 5.73 Å². The molecule has 3 nitrogen and oxygen atoms in total. The number of halogens is 1. The van der Waals surface area contributed by atoms with Crippen LogP contribution in [0, 0.1) is 31.0 Å². The van der Waals surface area contributed by atoms with E-state index in [1.165, 1.54) is 12.1 Å². The van der Waals surface area contributed by atoms with Gasteiger partial charge in [0.2, 0.25) is 0 Å². The summed E-state index contributed by atoms with van der Waals surface area (Å²) in [5.74, 6) is 0.342. The third-order valence-electron chi connectivity index (χ3n) is 3.23. The average molecular weight is 284 g/mol. The molecule has 0 unspecified atom stereocenters. The van der Waals surface area contributed by atoms with Gasteiger partial charge in [0.15, 0.2) is 0 Å². The van der Waals surface area contributed by atoms with Gasteiger partial charge in [-0.25, -0.2) is 4.39 Å². The van der Waals surface area contributed by atoms with Crippen LogP contribution < -0.4 is 10.5 Å². The summed E-state index contributed by atoms with van der Waals surface area (Å²) in [6.45, 7) is 4.61. The van der Waals surface area contributed by atoms with Gasteiger partial charge in [-0.15, -0.1) is 0 Å². The Kier molecular flexibility index (Phi) is 4.56. The lowest BCUT2D eigenvalue weighted by Gasteiger charge is -2.14. The van der Waals surface area contributed by atoms with Gasteiger partial charge in [0.1, 0.15) is 18.2 Å². The van der Waals surface area contributed by atoms with Crippen LogP contribution in [0.5, 0.6) is 5.75 Å². The Hall–Kier alpha value is -2.38. The summed E-state index contributed by atoms with van der Waals surface area (Å²) in [4.78, 5) is 0. The van der Waals surface area contributed by atoms with Crippen LogP contribution in [0.15, 0.2) is 30.3 Å². The lowest BCUT2D eigenvalue weighted by Crippen LogP contribution is -2.03. The summed E-state index contributed by atoms with van der Waals surface area (Å²) in [6, 6.07) is 10.1. The van der Waals surface area contributed by atoms with Gasteiger partial charge in [0.05, 0.1) is 11.6 Å². The maximum atomic E-state index is 13.4. The minimum atomic E-state index is -0.431. The lowest BCUT2D eigenvalue weighted by atomic mass is 10.1.